The number of rotatable bonds is 12. The van der Waals surface area contributed by atoms with Crippen molar-refractivity contribution in [1.82, 2.24) is 0 Å². The van der Waals surface area contributed by atoms with Crippen LogP contribution in [-0.2, 0) is 18.9 Å². The van der Waals surface area contributed by atoms with Gasteiger partial charge in [0.05, 0.1) is 12.2 Å². The first-order valence-corrected chi connectivity index (χ1v) is 16.2. The van der Waals surface area contributed by atoms with Crippen molar-refractivity contribution in [3.63, 3.8) is 0 Å². The molecule has 0 unspecified atom stereocenters. The molecule has 0 saturated heterocycles. The van der Waals surface area contributed by atoms with Crippen molar-refractivity contribution in [3.8, 4) is 0 Å². The predicted octanol–water partition coefficient (Wildman–Crippen LogP) is 8.44. The lowest BCUT2D eigenvalue weighted by molar-refractivity contribution is -0.265. The van der Waals surface area contributed by atoms with E-state index in [-0.39, 0.29) is 11.5 Å². The van der Waals surface area contributed by atoms with Gasteiger partial charge in [-0.3, -0.25) is 0 Å². The molecular formula is C34H60O4. The third-order valence-corrected chi connectivity index (χ3v) is 12.1. The van der Waals surface area contributed by atoms with Gasteiger partial charge in [0.15, 0.2) is 5.79 Å². The van der Waals surface area contributed by atoms with E-state index in [1.54, 1.807) is 5.57 Å². The lowest BCUT2D eigenvalue weighted by Gasteiger charge is -2.61. The standard InChI is InChI=1S/C34H60O4/c1-10-36-30(23(4)5)18-13-24(6)27-16-17-28-26-15-14-25-21-34(35-9,38-12-3)22-31(37-11-2)33(25,8)29(26)19-20-32(27,28)7/h14,23-24,26-31H,10-13,15-22H2,1-9H3/t24-,26+,27-,28+,29+,30-,31+,32-,33+,34-/m1/s1. The number of ether oxygens (including phenoxy) is 4. The fourth-order valence-corrected chi connectivity index (χ4v) is 10.1. The van der Waals surface area contributed by atoms with Crippen LogP contribution in [0, 0.1) is 46.3 Å². The van der Waals surface area contributed by atoms with Crippen LogP contribution < -0.4 is 0 Å². The van der Waals surface area contributed by atoms with E-state index in [0.29, 0.717) is 30.0 Å². The Balaban J connectivity index is 1.54. The van der Waals surface area contributed by atoms with E-state index in [1.807, 2.05) is 7.11 Å². The van der Waals surface area contributed by atoms with Crippen LogP contribution >= 0.6 is 0 Å². The van der Waals surface area contributed by atoms with E-state index in [2.05, 4.69) is 61.5 Å². The van der Waals surface area contributed by atoms with Gasteiger partial charge in [-0.15, -0.1) is 0 Å². The number of allylic oxidation sites excluding steroid dienone is 1. The maximum absolute atomic E-state index is 6.58. The van der Waals surface area contributed by atoms with Gasteiger partial charge >= 0.3 is 0 Å². The molecule has 4 heteroatoms. The zero-order valence-corrected chi connectivity index (χ0v) is 26.3. The van der Waals surface area contributed by atoms with Gasteiger partial charge in [-0.1, -0.05) is 46.3 Å². The Morgan fingerprint density at radius 3 is 2.34 bits per heavy atom. The van der Waals surface area contributed by atoms with Crippen LogP contribution in [0.3, 0.4) is 0 Å². The van der Waals surface area contributed by atoms with E-state index in [0.717, 1.165) is 49.7 Å². The lowest BCUT2D eigenvalue weighted by Crippen LogP contribution is -2.59. The summed E-state index contributed by atoms with van der Waals surface area (Å²) in [6, 6.07) is 0. The summed E-state index contributed by atoms with van der Waals surface area (Å²) in [5.74, 6) is 3.98. The second-order valence-corrected chi connectivity index (χ2v) is 14.0. The van der Waals surface area contributed by atoms with Crippen LogP contribution in [0.1, 0.15) is 113 Å². The molecule has 38 heavy (non-hydrogen) atoms. The summed E-state index contributed by atoms with van der Waals surface area (Å²) in [6.07, 6.45) is 14.1. The van der Waals surface area contributed by atoms with Crippen molar-refractivity contribution in [3.05, 3.63) is 11.6 Å². The fraction of sp³-hybridized carbons (Fsp3) is 0.941. The van der Waals surface area contributed by atoms with Crippen LogP contribution in [-0.4, -0.2) is 44.9 Å². The van der Waals surface area contributed by atoms with Gasteiger partial charge < -0.3 is 18.9 Å². The topological polar surface area (TPSA) is 36.9 Å². The van der Waals surface area contributed by atoms with Crippen molar-refractivity contribution in [2.45, 2.75) is 131 Å². The third-order valence-electron chi connectivity index (χ3n) is 12.1. The van der Waals surface area contributed by atoms with E-state index < -0.39 is 5.79 Å². The SMILES string of the molecule is CCO[C@H]1C[C@](OC)(OCC)CC2=CC[C@H]3[C@@H]4CC[C@H]([C@H](C)CC[C@@H](OCC)C(C)C)[C@@]4(C)CC[C@@H]3[C@]21C. The van der Waals surface area contributed by atoms with Crippen molar-refractivity contribution < 1.29 is 18.9 Å². The molecular weight excluding hydrogens is 472 g/mol. The largest absolute Gasteiger partial charge is 0.378 e. The highest BCUT2D eigenvalue weighted by Gasteiger charge is 2.63. The zero-order chi connectivity index (χ0) is 27.7. The minimum absolute atomic E-state index is 0.0884. The molecule has 3 saturated carbocycles. The van der Waals surface area contributed by atoms with Crippen LogP contribution in [0.25, 0.3) is 0 Å². The molecule has 0 N–H and O–H groups in total. The summed E-state index contributed by atoms with van der Waals surface area (Å²) >= 11 is 0. The molecule has 0 aromatic heterocycles. The minimum Gasteiger partial charge on any atom is -0.378 e. The van der Waals surface area contributed by atoms with Gasteiger partial charge in [0.2, 0.25) is 0 Å². The normalized spacial score (nSPS) is 42.3. The Kier molecular flexibility index (Phi) is 9.81. The van der Waals surface area contributed by atoms with Crippen LogP contribution in [0.2, 0.25) is 0 Å². The van der Waals surface area contributed by atoms with E-state index in [4.69, 9.17) is 18.9 Å². The number of hydrogen-bond acceptors (Lipinski definition) is 4. The first-order valence-electron chi connectivity index (χ1n) is 16.2. The Bertz CT molecular complexity index is 808. The van der Waals surface area contributed by atoms with Crippen molar-refractivity contribution in [1.29, 1.82) is 0 Å². The first-order chi connectivity index (χ1) is 18.1. The van der Waals surface area contributed by atoms with Crippen molar-refractivity contribution >= 4 is 0 Å². The van der Waals surface area contributed by atoms with Crippen LogP contribution in [0.5, 0.6) is 0 Å². The summed E-state index contributed by atoms with van der Waals surface area (Å²) in [6.45, 7) is 21.0. The maximum atomic E-state index is 6.58. The Morgan fingerprint density at radius 2 is 1.71 bits per heavy atom. The average Bonchev–Trinajstić information content (AvgIpc) is 3.24. The van der Waals surface area contributed by atoms with Crippen LogP contribution in [0.4, 0.5) is 0 Å². The summed E-state index contributed by atoms with van der Waals surface area (Å²) in [7, 11) is 1.82. The molecule has 10 atom stereocenters. The van der Waals surface area contributed by atoms with Crippen molar-refractivity contribution in [2.24, 2.45) is 46.3 Å². The number of methoxy groups -OCH3 is 1. The Labute approximate surface area is 235 Å². The molecule has 0 aliphatic heterocycles. The molecule has 220 valence electrons. The molecule has 0 bridgehead atoms. The molecule has 0 aromatic carbocycles. The second kappa shape index (κ2) is 12.2. The summed E-state index contributed by atoms with van der Waals surface area (Å²) in [4.78, 5) is 0. The molecule has 0 amide bonds. The van der Waals surface area contributed by atoms with Gasteiger partial charge in [-0.2, -0.15) is 0 Å². The van der Waals surface area contributed by atoms with Crippen molar-refractivity contribution in [2.75, 3.05) is 26.9 Å². The molecule has 4 aliphatic carbocycles. The Hall–Kier alpha value is -0.420. The molecule has 4 nitrogen and oxygen atoms in total. The summed E-state index contributed by atoms with van der Waals surface area (Å²) < 4.78 is 25.0. The molecule has 3 fully saturated rings. The van der Waals surface area contributed by atoms with E-state index >= 15 is 0 Å². The molecule has 0 aromatic rings. The molecule has 0 spiro atoms. The number of fused-ring (bicyclic) bond motifs is 5. The predicted molar refractivity (Wildman–Crippen MR) is 156 cm³/mol. The van der Waals surface area contributed by atoms with Gasteiger partial charge in [-0.05, 0) is 107 Å². The van der Waals surface area contributed by atoms with Gasteiger partial charge in [0.1, 0.15) is 0 Å². The molecule has 4 rings (SSSR count). The summed E-state index contributed by atoms with van der Waals surface area (Å²) in [5, 5.41) is 0. The van der Waals surface area contributed by atoms with Gasteiger partial charge in [0, 0.05) is 45.2 Å². The maximum Gasteiger partial charge on any atom is 0.174 e. The highest BCUT2D eigenvalue weighted by Crippen LogP contribution is 2.68. The first kappa shape index (κ1) is 30.5. The average molecular weight is 533 g/mol. The van der Waals surface area contributed by atoms with Gasteiger partial charge in [0.25, 0.3) is 0 Å². The quantitative estimate of drug-likeness (QED) is 0.187. The monoisotopic (exact) mass is 532 g/mol. The smallest absolute Gasteiger partial charge is 0.174 e. The summed E-state index contributed by atoms with van der Waals surface area (Å²) in [5.41, 5.74) is 2.10. The highest BCUT2D eigenvalue weighted by molar-refractivity contribution is 5.29. The molecule has 4 aliphatic rings. The second-order valence-electron chi connectivity index (χ2n) is 14.0. The molecule has 0 radical (unpaired) electrons. The number of hydrogen-bond donors (Lipinski definition) is 0. The zero-order valence-electron chi connectivity index (χ0n) is 26.3. The molecule has 0 heterocycles. The van der Waals surface area contributed by atoms with E-state index in [9.17, 15) is 0 Å². The third kappa shape index (κ3) is 5.30. The lowest BCUT2D eigenvalue weighted by atomic mass is 9.46. The van der Waals surface area contributed by atoms with Crippen LogP contribution in [0.15, 0.2) is 11.6 Å². The Morgan fingerprint density at radius 1 is 0.947 bits per heavy atom. The minimum atomic E-state index is -0.542. The highest BCUT2D eigenvalue weighted by atomic mass is 16.7. The van der Waals surface area contributed by atoms with Gasteiger partial charge in [-0.25, -0.2) is 0 Å². The van der Waals surface area contributed by atoms with E-state index in [1.165, 1.54) is 44.9 Å². The fourth-order valence-electron chi connectivity index (χ4n) is 10.1.